The van der Waals surface area contributed by atoms with Crippen LogP contribution in [0.25, 0.3) is 0 Å². The van der Waals surface area contributed by atoms with Gasteiger partial charge in [-0.1, -0.05) is 22.0 Å². The molecule has 29 heavy (non-hydrogen) atoms. The van der Waals surface area contributed by atoms with Crippen LogP contribution in [0.15, 0.2) is 53.3 Å². The highest BCUT2D eigenvalue weighted by Crippen LogP contribution is 2.39. The molecule has 1 aliphatic rings. The summed E-state index contributed by atoms with van der Waals surface area (Å²) in [5.74, 6) is 2.63. The molecule has 7 nitrogen and oxygen atoms in total. The molecule has 0 atom stereocenters. The number of aromatic nitrogens is 2. The van der Waals surface area contributed by atoms with Crippen LogP contribution >= 0.6 is 15.9 Å². The maximum atomic E-state index is 6.12. The molecule has 0 spiro atoms. The van der Waals surface area contributed by atoms with Crippen LogP contribution in [0.2, 0.25) is 0 Å². The average Bonchev–Trinajstić information content (AvgIpc) is 2.87. The van der Waals surface area contributed by atoms with Crippen molar-refractivity contribution in [2.45, 2.75) is 6.54 Å². The van der Waals surface area contributed by atoms with Crippen molar-refractivity contribution in [3.05, 3.63) is 58.8 Å². The lowest BCUT2D eigenvalue weighted by Gasteiger charge is -2.13. The zero-order valence-corrected chi connectivity index (χ0v) is 17.9. The Morgan fingerprint density at radius 1 is 1.21 bits per heavy atom. The van der Waals surface area contributed by atoms with Gasteiger partial charge in [-0.05, 0) is 44.4 Å². The van der Waals surface area contributed by atoms with Crippen LogP contribution in [0.4, 0.5) is 17.2 Å². The third kappa shape index (κ3) is 4.78. The molecule has 8 heteroatoms. The van der Waals surface area contributed by atoms with E-state index in [1.54, 1.807) is 0 Å². The van der Waals surface area contributed by atoms with Crippen LogP contribution in [0.1, 0.15) is 5.56 Å². The Morgan fingerprint density at radius 3 is 2.93 bits per heavy atom. The smallest absolute Gasteiger partial charge is 0.248 e. The standard InChI is InChI=1S/C21H22BrN5O2/c1-27(2)8-9-28-17-7-6-14-12-23-19-20(26-16-5-3-4-15(22)10-16)24-13-25-21(19)29-18(14)11-17/h3-7,10-11,13,23H,8-9,12H2,1-2H3,(H,24,25,26). The molecule has 0 radical (unpaired) electrons. The summed E-state index contributed by atoms with van der Waals surface area (Å²) in [7, 11) is 4.04. The second kappa shape index (κ2) is 8.67. The van der Waals surface area contributed by atoms with Gasteiger partial charge in [0.05, 0.1) is 0 Å². The Bertz CT molecular complexity index is 1010. The molecule has 1 aliphatic heterocycles. The van der Waals surface area contributed by atoms with Gasteiger partial charge in [0.25, 0.3) is 0 Å². The Hall–Kier alpha value is -2.84. The van der Waals surface area contributed by atoms with Crippen molar-refractivity contribution < 1.29 is 9.47 Å². The van der Waals surface area contributed by atoms with E-state index < -0.39 is 0 Å². The Morgan fingerprint density at radius 2 is 2.10 bits per heavy atom. The van der Waals surface area contributed by atoms with E-state index in [0.29, 0.717) is 24.8 Å². The van der Waals surface area contributed by atoms with Gasteiger partial charge in [0.1, 0.15) is 30.1 Å². The fraction of sp³-hybridized carbons (Fsp3) is 0.238. The second-order valence-electron chi connectivity index (χ2n) is 6.91. The molecule has 1 aromatic heterocycles. The molecule has 0 bridgehead atoms. The summed E-state index contributed by atoms with van der Waals surface area (Å²) in [6, 6.07) is 13.8. The number of ether oxygens (including phenoxy) is 2. The van der Waals surface area contributed by atoms with E-state index >= 15 is 0 Å². The quantitative estimate of drug-likeness (QED) is 0.560. The first-order valence-electron chi connectivity index (χ1n) is 9.28. The van der Waals surface area contributed by atoms with Gasteiger partial charge in [0.2, 0.25) is 5.88 Å². The number of nitrogens with zero attached hydrogens (tertiary/aromatic N) is 3. The van der Waals surface area contributed by atoms with Gasteiger partial charge in [-0.25, -0.2) is 4.98 Å². The molecule has 3 aromatic rings. The van der Waals surface area contributed by atoms with Crippen molar-refractivity contribution in [2.24, 2.45) is 0 Å². The summed E-state index contributed by atoms with van der Waals surface area (Å²) in [6.07, 6.45) is 1.49. The van der Waals surface area contributed by atoms with Crippen molar-refractivity contribution >= 4 is 33.1 Å². The molecule has 2 N–H and O–H groups in total. The van der Waals surface area contributed by atoms with E-state index in [1.807, 2.05) is 56.6 Å². The highest BCUT2D eigenvalue weighted by Gasteiger charge is 2.20. The number of likely N-dealkylation sites (N-methyl/N-ethyl adjacent to an activating group) is 1. The zero-order chi connectivity index (χ0) is 20.2. The van der Waals surface area contributed by atoms with Crippen LogP contribution < -0.4 is 20.1 Å². The number of rotatable bonds is 6. The molecule has 0 aliphatic carbocycles. The van der Waals surface area contributed by atoms with Gasteiger partial charge in [-0.3, -0.25) is 0 Å². The lowest BCUT2D eigenvalue weighted by molar-refractivity contribution is 0.260. The van der Waals surface area contributed by atoms with Gasteiger partial charge >= 0.3 is 0 Å². The van der Waals surface area contributed by atoms with Crippen LogP contribution in [0, 0.1) is 0 Å². The summed E-state index contributed by atoms with van der Waals surface area (Å²) >= 11 is 3.49. The molecule has 0 amide bonds. The largest absolute Gasteiger partial charge is 0.492 e. The lowest BCUT2D eigenvalue weighted by atomic mass is 10.2. The fourth-order valence-electron chi connectivity index (χ4n) is 2.90. The first kappa shape index (κ1) is 19.5. The number of hydrogen-bond donors (Lipinski definition) is 2. The molecule has 0 saturated heterocycles. The predicted molar refractivity (Wildman–Crippen MR) is 117 cm³/mol. The highest BCUT2D eigenvalue weighted by atomic mass is 79.9. The third-order valence-electron chi connectivity index (χ3n) is 4.41. The molecule has 150 valence electrons. The predicted octanol–water partition coefficient (Wildman–Crippen LogP) is 4.64. The monoisotopic (exact) mass is 455 g/mol. The summed E-state index contributed by atoms with van der Waals surface area (Å²) in [5.41, 5.74) is 2.66. The zero-order valence-electron chi connectivity index (χ0n) is 16.3. The highest BCUT2D eigenvalue weighted by molar-refractivity contribution is 9.10. The van der Waals surface area contributed by atoms with Crippen molar-refractivity contribution in [3.63, 3.8) is 0 Å². The van der Waals surface area contributed by atoms with Gasteiger partial charge in [0, 0.05) is 34.9 Å². The van der Waals surface area contributed by atoms with Crippen molar-refractivity contribution in [1.29, 1.82) is 0 Å². The van der Waals surface area contributed by atoms with Crippen LogP contribution in [-0.4, -0.2) is 42.1 Å². The van der Waals surface area contributed by atoms with Gasteiger partial charge in [-0.15, -0.1) is 0 Å². The molecular formula is C21H22BrN5O2. The van der Waals surface area contributed by atoms with E-state index in [2.05, 4.69) is 41.4 Å². The van der Waals surface area contributed by atoms with Crippen molar-refractivity contribution in [3.8, 4) is 17.4 Å². The first-order valence-corrected chi connectivity index (χ1v) is 10.1. The number of anilines is 3. The molecular weight excluding hydrogens is 434 g/mol. The molecule has 2 aromatic carbocycles. The summed E-state index contributed by atoms with van der Waals surface area (Å²) in [4.78, 5) is 10.8. The molecule has 0 fully saturated rings. The Balaban J connectivity index is 1.56. The summed E-state index contributed by atoms with van der Waals surface area (Å²) in [6.45, 7) is 2.06. The maximum Gasteiger partial charge on any atom is 0.248 e. The number of fused-ring (bicyclic) bond motifs is 2. The first-order chi connectivity index (χ1) is 14.1. The summed E-state index contributed by atoms with van der Waals surface area (Å²) in [5, 5.41) is 6.71. The molecule has 0 unspecified atom stereocenters. The number of halogens is 1. The SMILES string of the molecule is CN(C)CCOc1ccc2c(c1)Oc1ncnc(Nc3cccc(Br)c3)c1NC2. The van der Waals surface area contributed by atoms with E-state index in [9.17, 15) is 0 Å². The topological polar surface area (TPSA) is 71.5 Å². The van der Waals surface area contributed by atoms with Crippen molar-refractivity contribution in [1.82, 2.24) is 14.9 Å². The minimum atomic E-state index is 0.474. The van der Waals surface area contributed by atoms with Crippen LogP contribution in [0.5, 0.6) is 17.4 Å². The van der Waals surface area contributed by atoms with E-state index in [4.69, 9.17) is 9.47 Å². The minimum absolute atomic E-state index is 0.474. The minimum Gasteiger partial charge on any atom is -0.492 e. The van der Waals surface area contributed by atoms with E-state index in [1.165, 1.54) is 6.33 Å². The number of benzene rings is 2. The van der Waals surface area contributed by atoms with Gasteiger partial charge < -0.3 is 25.0 Å². The number of nitrogens with one attached hydrogen (secondary N) is 2. The summed E-state index contributed by atoms with van der Waals surface area (Å²) < 4.78 is 12.9. The van der Waals surface area contributed by atoms with Crippen molar-refractivity contribution in [2.75, 3.05) is 37.9 Å². The fourth-order valence-corrected chi connectivity index (χ4v) is 3.30. The second-order valence-corrected chi connectivity index (χ2v) is 7.83. The normalized spacial score (nSPS) is 12.3. The lowest BCUT2D eigenvalue weighted by Crippen LogP contribution is -2.19. The molecule has 4 rings (SSSR count). The van der Waals surface area contributed by atoms with Gasteiger partial charge in [0.15, 0.2) is 5.82 Å². The third-order valence-corrected chi connectivity index (χ3v) is 4.90. The van der Waals surface area contributed by atoms with E-state index in [0.717, 1.165) is 39.5 Å². The van der Waals surface area contributed by atoms with E-state index in [-0.39, 0.29) is 0 Å². The Labute approximate surface area is 178 Å². The Kier molecular flexibility index (Phi) is 5.82. The maximum absolute atomic E-state index is 6.12. The number of hydrogen-bond acceptors (Lipinski definition) is 7. The van der Waals surface area contributed by atoms with Crippen LogP contribution in [0.3, 0.4) is 0 Å². The van der Waals surface area contributed by atoms with Crippen LogP contribution in [-0.2, 0) is 6.54 Å². The molecule has 2 heterocycles. The average molecular weight is 456 g/mol. The molecule has 0 saturated carbocycles. The van der Waals surface area contributed by atoms with Gasteiger partial charge in [-0.2, -0.15) is 4.98 Å².